The molecule has 0 fully saturated rings. The van der Waals surface area contributed by atoms with E-state index in [2.05, 4.69) is 16.5 Å². The summed E-state index contributed by atoms with van der Waals surface area (Å²) >= 11 is 0. The Labute approximate surface area is 174 Å². The van der Waals surface area contributed by atoms with E-state index in [1.807, 2.05) is 48.5 Å². The molecule has 7 heteroatoms. The lowest BCUT2D eigenvalue weighted by molar-refractivity contribution is -0.125. The van der Waals surface area contributed by atoms with Gasteiger partial charge in [-0.1, -0.05) is 42.5 Å². The summed E-state index contributed by atoms with van der Waals surface area (Å²) in [6, 6.07) is 17.4. The molecule has 154 valence electrons. The third-order valence-corrected chi connectivity index (χ3v) is 5.15. The average molecular weight is 405 g/mol. The Morgan fingerprint density at radius 3 is 2.70 bits per heavy atom. The van der Waals surface area contributed by atoms with Crippen molar-refractivity contribution in [3.8, 4) is 11.4 Å². The summed E-state index contributed by atoms with van der Waals surface area (Å²) in [5.41, 5.74) is 3.19. The first-order chi connectivity index (χ1) is 14.7. The molecule has 0 saturated heterocycles. The van der Waals surface area contributed by atoms with Crippen LogP contribution in [0, 0.1) is 0 Å². The van der Waals surface area contributed by atoms with Crippen LogP contribution in [0.1, 0.15) is 40.5 Å². The highest BCUT2D eigenvalue weighted by Crippen LogP contribution is 2.29. The van der Waals surface area contributed by atoms with Crippen molar-refractivity contribution in [1.82, 2.24) is 15.1 Å². The fourth-order valence-electron chi connectivity index (χ4n) is 3.70. The van der Waals surface area contributed by atoms with Gasteiger partial charge in [-0.25, -0.2) is 9.48 Å². The maximum absolute atomic E-state index is 12.5. The molecule has 1 amide bonds. The van der Waals surface area contributed by atoms with Gasteiger partial charge in [-0.05, 0) is 42.5 Å². The number of amides is 1. The number of nitrogens with one attached hydrogen (secondary N) is 1. The van der Waals surface area contributed by atoms with Gasteiger partial charge in [0.05, 0.1) is 25.0 Å². The molecular formula is C23H23N3O4. The molecular weight excluding hydrogens is 382 g/mol. The zero-order chi connectivity index (χ0) is 20.9. The SMILES string of the molecule is COc1cn(-c2ccccc2)nc1C(=O)OCC(=O)N[C@H]1CCCc2ccccc21. The Balaban J connectivity index is 1.39. The van der Waals surface area contributed by atoms with Crippen molar-refractivity contribution in [3.05, 3.63) is 77.6 Å². The molecule has 1 aromatic heterocycles. The van der Waals surface area contributed by atoms with Crippen LogP contribution < -0.4 is 10.1 Å². The largest absolute Gasteiger partial charge is 0.493 e. The summed E-state index contributed by atoms with van der Waals surface area (Å²) in [4.78, 5) is 24.9. The van der Waals surface area contributed by atoms with Gasteiger partial charge >= 0.3 is 5.97 Å². The number of benzene rings is 2. The van der Waals surface area contributed by atoms with E-state index in [9.17, 15) is 9.59 Å². The van der Waals surface area contributed by atoms with Crippen molar-refractivity contribution in [2.75, 3.05) is 13.7 Å². The molecule has 1 atom stereocenters. The lowest BCUT2D eigenvalue weighted by Crippen LogP contribution is -2.34. The molecule has 0 spiro atoms. The number of hydrogen-bond donors (Lipinski definition) is 1. The summed E-state index contributed by atoms with van der Waals surface area (Å²) in [6.45, 7) is -0.376. The number of methoxy groups -OCH3 is 1. The quantitative estimate of drug-likeness (QED) is 0.637. The molecule has 1 aliphatic rings. The van der Waals surface area contributed by atoms with Crippen LogP contribution in [0.15, 0.2) is 60.8 Å². The van der Waals surface area contributed by atoms with E-state index in [0.29, 0.717) is 0 Å². The van der Waals surface area contributed by atoms with Crippen LogP contribution in [0.4, 0.5) is 0 Å². The number of carbonyl (C=O) groups is 2. The van der Waals surface area contributed by atoms with Crippen LogP contribution in [-0.2, 0) is 16.0 Å². The molecule has 30 heavy (non-hydrogen) atoms. The van der Waals surface area contributed by atoms with Gasteiger partial charge in [-0.2, -0.15) is 5.10 Å². The Bertz CT molecular complexity index is 1050. The minimum absolute atomic E-state index is 0.0252. The smallest absolute Gasteiger partial charge is 0.363 e. The van der Waals surface area contributed by atoms with Crippen LogP contribution in [0.2, 0.25) is 0 Å². The standard InChI is InChI=1S/C23H23N3O4/c1-29-20-14-26(17-10-3-2-4-11-17)25-22(20)23(28)30-15-21(27)24-19-13-7-9-16-8-5-6-12-18(16)19/h2-6,8,10-12,14,19H,7,9,13,15H2,1H3,(H,24,27)/t19-/m0/s1. The number of hydrogen-bond acceptors (Lipinski definition) is 5. The van der Waals surface area contributed by atoms with Crippen LogP contribution >= 0.6 is 0 Å². The third-order valence-electron chi connectivity index (χ3n) is 5.15. The number of esters is 1. The molecule has 1 heterocycles. The minimum atomic E-state index is -0.708. The highest BCUT2D eigenvalue weighted by Gasteiger charge is 2.24. The number of carbonyl (C=O) groups excluding carboxylic acids is 2. The van der Waals surface area contributed by atoms with Crippen molar-refractivity contribution < 1.29 is 19.1 Å². The summed E-state index contributed by atoms with van der Waals surface area (Å²) in [7, 11) is 1.45. The van der Waals surface area contributed by atoms with Crippen molar-refractivity contribution in [3.63, 3.8) is 0 Å². The molecule has 0 bridgehead atoms. The zero-order valence-corrected chi connectivity index (χ0v) is 16.7. The highest BCUT2D eigenvalue weighted by molar-refractivity contribution is 5.92. The van der Waals surface area contributed by atoms with Crippen molar-refractivity contribution in [1.29, 1.82) is 0 Å². The van der Waals surface area contributed by atoms with Crippen LogP contribution in [-0.4, -0.2) is 35.4 Å². The van der Waals surface area contributed by atoms with Crippen LogP contribution in [0.3, 0.4) is 0 Å². The van der Waals surface area contributed by atoms with Crippen molar-refractivity contribution >= 4 is 11.9 Å². The van der Waals surface area contributed by atoms with Crippen molar-refractivity contribution in [2.24, 2.45) is 0 Å². The van der Waals surface area contributed by atoms with Crippen LogP contribution in [0.5, 0.6) is 5.75 Å². The monoisotopic (exact) mass is 405 g/mol. The first-order valence-electron chi connectivity index (χ1n) is 9.89. The maximum atomic E-state index is 12.5. The van der Waals surface area contributed by atoms with Gasteiger partial charge in [0.15, 0.2) is 12.4 Å². The summed E-state index contributed by atoms with van der Waals surface area (Å²) in [6.07, 6.45) is 4.49. The number of rotatable bonds is 6. The second kappa shape index (κ2) is 8.82. The molecule has 0 aliphatic heterocycles. The Morgan fingerprint density at radius 2 is 1.90 bits per heavy atom. The van der Waals surface area contributed by atoms with Gasteiger partial charge in [0.1, 0.15) is 0 Å². The molecule has 0 saturated carbocycles. The Kier molecular flexibility index (Phi) is 5.79. The molecule has 2 aromatic carbocycles. The lowest BCUT2D eigenvalue weighted by atomic mass is 9.88. The molecule has 4 rings (SSSR count). The molecule has 1 N–H and O–H groups in total. The molecule has 1 aliphatic carbocycles. The van der Waals surface area contributed by atoms with E-state index in [1.165, 1.54) is 17.4 Å². The van der Waals surface area contributed by atoms with Crippen molar-refractivity contribution in [2.45, 2.75) is 25.3 Å². The van der Waals surface area contributed by atoms with E-state index in [1.54, 1.807) is 6.20 Å². The first-order valence-corrected chi connectivity index (χ1v) is 9.89. The second-order valence-electron chi connectivity index (χ2n) is 7.11. The fourth-order valence-corrected chi connectivity index (χ4v) is 3.70. The highest BCUT2D eigenvalue weighted by atomic mass is 16.5. The molecule has 3 aromatic rings. The third kappa shape index (κ3) is 4.20. The van der Waals surface area contributed by atoms with Crippen LogP contribution in [0.25, 0.3) is 5.69 Å². The van der Waals surface area contributed by atoms with E-state index in [4.69, 9.17) is 9.47 Å². The summed E-state index contributed by atoms with van der Waals surface area (Å²) in [5, 5.41) is 7.23. The van der Waals surface area contributed by atoms with Gasteiger partial charge in [0.2, 0.25) is 5.69 Å². The first kappa shape index (κ1) is 19.7. The van der Waals surface area contributed by atoms with Gasteiger partial charge in [-0.15, -0.1) is 0 Å². The number of aromatic nitrogens is 2. The number of fused-ring (bicyclic) bond motifs is 1. The number of ether oxygens (including phenoxy) is 2. The predicted molar refractivity (Wildman–Crippen MR) is 111 cm³/mol. The van der Waals surface area contributed by atoms with Gasteiger partial charge in [-0.3, -0.25) is 4.79 Å². The van der Waals surface area contributed by atoms with E-state index in [-0.39, 0.29) is 30.0 Å². The van der Waals surface area contributed by atoms with Gasteiger partial charge in [0, 0.05) is 0 Å². The number of aryl methyl sites for hydroxylation is 1. The maximum Gasteiger partial charge on any atom is 0.363 e. The Hall–Kier alpha value is -3.61. The predicted octanol–water partition coefficient (Wildman–Crippen LogP) is 3.23. The minimum Gasteiger partial charge on any atom is -0.493 e. The van der Waals surface area contributed by atoms with Gasteiger partial charge < -0.3 is 14.8 Å². The van der Waals surface area contributed by atoms with E-state index in [0.717, 1.165) is 30.5 Å². The average Bonchev–Trinajstić information content (AvgIpc) is 3.23. The molecule has 0 unspecified atom stereocenters. The van der Waals surface area contributed by atoms with E-state index < -0.39 is 5.97 Å². The topological polar surface area (TPSA) is 82.5 Å². The Morgan fingerprint density at radius 1 is 1.13 bits per heavy atom. The second-order valence-corrected chi connectivity index (χ2v) is 7.11. The molecule has 7 nitrogen and oxygen atoms in total. The fraction of sp³-hybridized carbons (Fsp3) is 0.261. The van der Waals surface area contributed by atoms with E-state index >= 15 is 0 Å². The lowest BCUT2D eigenvalue weighted by Gasteiger charge is -2.26. The zero-order valence-electron chi connectivity index (χ0n) is 16.7. The molecule has 0 radical (unpaired) electrons. The van der Waals surface area contributed by atoms with Gasteiger partial charge in [0.25, 0.3) is 5.91 Å². The normalized spacial score (nSPS) is 15.2. The number of nitrogens with zero attached hydrogens (tertiary/aromatic N) is 2. The summed E-state index contributed by atoms with van der Waals surface area (Å²) in [5.74, 6) is -0.766. The number of para-hydroxylation sites is 1. The summed E-state index contributed by atoms with van der Waals surface area (Å²) < 4.78 is 12.0.